The van der Waals surface area contributed by atoms with Crippen molar-refractivity contribution in [3.05, 3.63) is 0 Å². The molecule has 1 N–H and O–H groups in total. The molecule has 0 aromatic heterocycles. The van der Waals surface area contributed by atoms with Gasteiger partial charge in [-0.2, -0.15) is 0 Å². The number of carbonyl (C=O) groups excluding carboxylic acids is 1. The normalized spacial score (nSPS) is 18.7. The number of piperidine rings is 1. The van der Waals surface area contributed by atoms with Crippen LogP contribution in [0.5, 0.6) is 0 Å². The van der Waals surface area contributed by atoms with Crippen molar-refractivity contribution in [2.24, 2.45) is 5.92 Å². The predicted molar refractivity (Wildman–Crippen MR) is 84.4 cm³/mol. The lowest BCUT2D eigenvalue weighted by Gasteiger charge is -2.25. The first kappa shape index (κ1) is 18.4. The van der Waals surface area contributed by atoms with E-state index in [4.69, 9.17) is 9.47 Å². The van der Waals surface area contributed by atoms with Crippen molar-refractivity contribution >= 4 is 5.91 Å². The largest absolute Gasteiger partial charge is 0.380 e. The van der Waals surface area contributed by atoms with Crippen molar-refractivity contribution in [2.45, 2.75) is 39.5 Å². The molecule has 0 aromatic carbocycles. The van der Waals surface area contributed by atoms with Gasteiger partial charge in [0.05, 0.1) is 13.2 Å². The Morgan fingerprint density at radius 1 is 1.19 bits per heavy atom. The van der Waals surface area contributed by atoms with Crippen LogP contribution >= 0.6 is 0 Å². The zero-order valence-corrected chi connectivity index (χ0v) is 13.7. The Morgan fingerprint density at radius 2 is 1.86 bits per heavy atom. The van der Waals surface area contributed by atoms with Crippen LogP contribution in [-0.2, 0) is 14.3 Å². The first-order chi connectivity index (χ1) is 10.3. The fraction of sp³-hybridized carbons (Fsp3) is 0.938. The first-order valence-corrected chi connectivity index (χ1v) is 8.41. The van der Waals surface area contributed by atoms with Crippen molar-refractivity contribution in [1.29, 1.82) is 0 Å². The number of hydrogen-bond donors (Lipinski definition) is 1. The van der Waals surface area contributed by atoms with E-state index in [1.807, 2.05) is 18.7 Å². The number of rotatable bonds is 11. The lowest BCUT2D eigenvalue weighted by Crippen LogP contribution is -2.37. The second-order valence-corrected chi connectivity index (χ2v) is 5.53. The third kappa shape index (κ3) is 8.39. The van der Waals surface area contributed by atoms with Crippen LogP contribution in [0.1, 0.15) is 39.5 Å². The van der Waals surface area contributed by atoms with Gasteiger partial charge in [0.15, 0.2) is 0 Å². The van der Waals surface area contributed by atoms with Gasteiger partial charge in [-0.3, -0.25) is 4.79 Å². The number of nitrogens with zero attached hydrogens (tertiary/aromatic N) is 1. The Balaban J connectivity index is 2.29. The molecule has 21 heavy (non-hydrogen) atoms. The Bertz CT molecular complexity index is 258. The molecule has 0 radical (unpaired) electrons. The number of amides is 1. The van der Waals surface area contributed by atoms with Crippen LogP contribution in [0.2, 0.25) is 0 Å². The summed E-state index contributed by atoms with van der Waals surface area (Å²) in [7, 11) is 0. The van der Waals surface area contributed by atoms with E-state index in [1.165, 1.54) is 12.8 Å². The fourth-order valence-electron chi connectivity index (χ4n) is 2.66. The van der Waals surface area contributed by atoms with Gasteiger partial charge in [-0.25, -0.2) is 0 Å². The summed E-state index contributed by atoms with van der Waals surface area (Å²) in [6.07, 6.45) is 4.12. The summed E-state index contributed by atoms with van der Waals surface area (Å²) in [5.74, 6) is 0.892. The highest BCUT2D eigenvalue weighted by atomic mass is 16.5. The van der Waals surface area contributed by atoms with Gasteiger partial charge < -0.3 is 19.7 Å². The minimum Gasteiger partial charge on any atom is -0.380 e. The van der Waals surface area contributed by atoms with Crippen LogP contribution in [0.4, 0.5) is 0 Å². The Kier molecular flexibility index (Phi) is 10.5. The van der Waals surface area contributed by atoms with E-state index < -0.39 is 0 Å². The Labute approximate surface area is 129 Å². The molecule has 1 fully saturated rings. The quantitative estimate of drug-likeness (QED) is 0.590. The second-order valence-electron chi connectivity index (χ2n) is 5.53. The monoisotopic (exact) mass is 300 g/mol. The third-order valence-corrected chi connectivity index (χ3v) is 3.94. The van der Waals surface area contributed by atoms with Gasteiger partial charge >= 0.3 is 0 Å². The van der Waals surface area contributed by atoms with E-state index in [1.54, 1.807) is 0 Å². The number of ether oxygens (including phenoxy) is 2. The van der Waals surface area contributed by atoms with Crippen molar-refractivity contribution in [1.82, 2.24) is 10.2 Å². The summed E-state index contributed by atoms with van der Waals surface area (Å²) in [6.45, 7) is 10.1. The summed E-state index contributed by atoms with van der Waals surface area (Å²) in [5.41, 5.74) is 0. The van der Waals surface area contributed by atoms with E-state index in [9.17, 15) is 4.79 Å². The van der Waals surface area contributed by atoms with Gasteiger partial charge in [0.2, 0.25) is 5.91 Å². The van der Waals surface area contributed by atoms with E-state index in [-0.39, 0.29) is 5.91 Å². The molecule has 1 aliphatic heterocycles. The van der Waals surface area contributed by atoms with Crippen LogP contribution in [0.3, 0.4) is 0 Å². The van der Waals surface area contributed by atoms with Crippen LogP contribution in [0.15, 0.2) is 0 Å². The average molecular weight is 300 g/mol. The molecular formula is C16H32N2O3. The zero-order valence-electron chi connectivity index (χ0n) is 13.7. The van der Waals surface area contributed by atoms with Crippen LogP contribution < -0.4 is 5.32 Å². The van der Waals surface area contributed by atoms with Gasteiger partial charge in [-0.1, -0.05) is 0 Å². The molecule has 5 heteroatoms. The summed E-state index contributed by atoms with van der Waals surface area (Å²) in [6, 6.07) is 0. The maximum absolute atomic E-state index is 12.4. The molecule has 0 saturated carbocycles. The highest BCUT2D eigenvalue weighted by Crippen LogP contribution is 2.16. The van der Waals surface area contributed by atoms with Crippen molar-refractivity contribution in [2.75, 3.05) is 52.6 Å². The average Bonchev–Trinajstić information content (AvgIpc) is 2.52. The maximum Gasteiger partial charge on any atom is 0.222 e. The Morgan fingerprint density at radius 3 is 2.38 bits per heavy atom. The minimum absolute atomic E-state index is 0.236. The third-order valence-electron chi connectivity index (χ3n) is 3.94. The summed E-state index contributed by atoms with van der Waals surface area (Å²) >= 11 is 0. The highest BCUT2D eigenvalue weighted by Gasteiger charge is 2.18. The molecule has 1 atom stereocenters. The standard InChI is InChI=1S/C16H32N2O3/c1-3-20-12-10-18(11-13-21-4-2)16(19)8-7-15-6-5-9-17-14-15/h15,17H,3-14H2,1-2H3. The van der Waals surface area contributed by atoms with Crippen molar-refractivity contribution in [3.8, 4) is 0 Å². The van der Waals surface area contributed by atoms with Gasteiger partial charge in [0.1, 0.15) is 0 Å². The van der Waals surface area contributed by atoms with E-state index >= 15 is 0 Å². The molecule has 5 nitrogen and oxygen atoms in total. The number of carbonyl (C=O) groups is 1. The van der Waals surface area contributed by atoms with Crippen molar-refractivity contribution < 1.29 is 14.3 Å². The van der Waals surface area contributed by atoms with Gasteiger partial charge in [-0.05, 0) is 52.1 Å². The molecule has 0 aliphatic carbocycles. The Hall–Kier alpha value is -0.650. The molecule has 124 valence electrons. The summed E-state index contributed by atoms with van der Waals surface area (Å²) in [4.78, 5) is 14.3. The lowest BCUT2D eigenvalue weighted by atomic mass is 9.94. The van der Waals surface area contributed by atoms with E-state index in [0.717, 1.165) is 19.5 Å². The lowest BCUT2D eigenvalue weighted by molar-refractivity contribution is -0.133. The second kappa shape index (κ2) is 12.0. The molecule has 0 bridgehead atoms. The first-order valence-electron chi connectivity index (χ1n) is 8.41. The topological polar surface area (TPSA) is 50.8 Å². The fourth-order valence-corrected chi connectivity index (χ4v) is 2.66. The SMILES string of the molecule is CCOCCN(CCOCC)C(=O)CCC1CCCNC1. The molecule has 1 unspecified atom stereocenters. The predicted octanol–water partition coefficient (Wildman–Crippen LogP) is 1.67. The van der Waals surface area contributed by atoms with Crippen LogP contribution in [0, 0.1) is 5.92 Å². The van der Waals surface area contributed by atoms with Crippen LogP contribution in [0.25, 0.3) is 0 Å². The van der Waals surface area contributed by atoms with Gasteiger partial charge in [-0.15, -0.1) is 0 Å². The molecule has 1 rings (SSSR count). The number of hydrogen-bond acceptors (Lipinski definition) is 4. The van der Waals surface area contributed by atoms with Crippen LogP contribution in [-0.4, -0.2) is 63.4 Å². The zero-order chi connectivity index (χ0) is 15.3. The molecule has 1 aliphatic rings. The molecule has 1 heterocycles. The molecular weight excluding hydrogens is 268 g/mol. The minimum atomic E-state index is 0.236. The van der Waals surface area contributed by atoms with E-state index in [2.05, 4.69) is 5.32 Å². The summed E-state index contributed by atoms with van der Waals surface area (Å²) in [5, 5.41) is 3.41. The maximum atomic E-state index is 12.4. The molecule has 0 aromatic rings. The van der Waals surface area contributed by atoms with Gasteiger partial charge in [0.25, 0.3) is 0 Å². The van der Waals surface area contributed by atoms with Crippen molar-refractivity contribution in [3.63, 3.8) is 0 Å². The summed E-state index contributed by atoms with van der Waals surface area (Å²) < 4.78 is 10.7. The van der Waals surface area contributed by atoms with Gasteiger partial charge in [0, 0.05) is 32.7 Å². The molecule has 1 amide bonds. The number of nitrogens with one attached hydrogen (secondary N) is 1. The molecule has 1 saturated heterocycles. The molecule has 0 spiro atoms. The van der Waals surface area contributed by atoms with E-state index in [0.29, 0.717) is 51.9 Å². The highest BCUT2D eigenvalue weighted by molar-refractivity contribution is 5.76. The smallest absolute Gasteiger partial charge is 0.222 e.